The molecule has 52 heavy (non-hydrogen) atoms. The Labute approximate surface area is 324 Å². The lowest BCUT2D eigenvalue weighted by molar-refractivity contribution is -0.163. The van der Waals surface area contributed by atoms with Crippen LogP contribution < -0.4 is 0 Å². The summed E-state index contributed by atoms with van der Waals surface area (Å²) in [6, 6.07) is 0. The molecule has 0 amide bonds. The average Bonchev–Trinajstić information content (AvgIpc) is 3.17. The maximum Gasteiger partial charge on any atom is 0.157 e. The zero-order chi connectivity index (χ0) is 36.7. The van der Waals surface area contributed by atoms with Crippen LogP contribution in [0.1, 0.15) is 238 Å². The summed E-state index contributed by atoms with van der Waals surface area (Å²) in [5, 5.41) is 0. The highest BCUT2D eigenvalue weighted by Crippen LogP contribution is 2.20. The Bertz CT molecular complexity index is 783. The Hall–Kier alpha value is -1.04. The monoisotopic (exact) mass is 727 g/mol. The molecule has 2 aliphatic rings. The van der Waals surface area contributed by atoms with Gasteiger partial charge in [-0.05, 0) is 83.0 Å². The summed E-state index contributed by atoms with van der Waals surface area (Å²) >= 11 is 0. The van der Waals surface area contributed by atoms with Gasteiger partial charge >= 0.3 is 0 Å². The zero-order valence-electron chi connectivity index (χ0n) is 34.6. The number of hydrogen-bond acceptors (Lipinski definition) is 4. The van der Waals surface area contributed by atoms with Crippen LogP contribution in [0.3, 0.4) is 0 Å². The Morgan fingerprint density at radius 1 is 0.404 bits per heavy atom. The van der Waals surface area contributed by atoms with Gasteiger partial charge in [-0.2, -0.15) is 0 Å². The number of ether oxygens (including phenoxy) is 4. The van der Waals surface area contributed by atoms with Crippen LogP contribution in [-0.4, -0.2) is 39.0 Å². The summed E-state index contributed by atoms with van der Waals surface area (Å²) in [4.78, 5) is 0. The molecule has 0 spiro atoms. The smallest absolute Gasteiger partial charge is 0.157 e. The highest BCUT2D eigenvalue weighted by Gasteiger charge is 2.14. The van der Waals surface area contributed by atoms with E-state index in [4.69, 9.17) is 18.9 Å². The summed E-state index contributed by atoms with van der Waals surface area (Å²) in [5.74, 6) is 14.6. The van der Waals surface area contributed by atoms with E-state index in [1.54, 1.807) is 0 Å². The van der Waals surface area contributed by atoms with Gasteiger partial charge in [0, 0.05) is 52.1 Å². The van der Waals surface area contributed by atoms with E-state index in [0.29, 0.717) is 0 Å². The van der Waals surface area contributed by atoms with Crippen LogP contribution in [0.2, 0.25) is 0 Å². The Kier molecular flexibility index (Phi) is 34.6. The fourth-order valence-corrected chi connectivity index (χ4v) is 7.48. The molecular weight excluding hydrogens is 641 g/mol. The summed E-state index contributed by atoms with van der Waals surface area (Å²) in [5.41, 5.74) is 0. The minimum atomic E-state index is 0.0780. The van der Waals surface area contributed by atoms with Crippen molar-refractivity contribution in [3.8, 4) is 23.7 Å². The summed E-state index contributed by atoms with van der Waals surface area (Å²) in [6.07, 6.45) is 46.5. The van der Waals surface area contributed by atoms with Crippen LogP contribution >= 0.6 is 0 Å². The molecule has 0 aliphatic carbocycles. The fraction of sp³-hybridized carbons (Fsp3) is 0.917. The molecule has 0 N–H and O–H groups in total. The van der Waals surface area contributed by atoms with E-state index in [9.17, 15) is 0 Å². The first kappa shape index (κ1) is 47.1. The van der Waals surface area contributed by atoms with Gasteiger partial charge in [-0.1, -0.05) is 135 Å². The van der Waals surface area contributed by atoms with Crippen molar-refractivity contribution in [1.82, 2.24) is 0 Å². The summed E-state index contributed by atoms with van der Waals surface area (Å²) < 4.78 is 22.9. The highest BCUT2D eigenvalue weighted by molar-refractivity contribution is 4.99. The van der Waals surface area contributed by atoms with Gasteiger partial charge in [0.15, 0.2) is 12.6 Å². The van der Waals surface area contributed by atoms with Crippen LogP contribution in [0.4, 0.5) is 0 Å². The molecule has 0 aromatic rings. The van der Waals surface area contributed by atoms with Gasteiger partial charge < -0.3 is 18.9 Å². The lowest BCUT2D eigenvalue weighted by Crippen LogP contribution is -2.22. The molecular formula is C48H86O4. The predicted molar refractivity (Wildman–Crippen MR) is 222 cm³/mol. The molecule has 2 atom stereocenters. The molecule has 0 saturated carbocycles. The van der Waals surface area contributed by atoms with Crippen molar-refractivity contribution < 1.29 is 18.9 Å². The van der Waals surface area contributed by atoms with E-state index in [2.05, 4.69) is 30.6 Å². The number of rotatable bonds is 34. The average molecular weight is 727 g/mol. The molecule has 2 aliphatic heterocycles. The van der Waals surface area contributed by atoms with E-state index in [1.807, 2.05) is 0 Å². The van der Waals surface area contributed by atoms with Gasteiger partial charge in [-0.15, -0.1) is 23.7 Å². The van der Waals surface area contributed by atoms with E-state index < -0.39 is 0 Å². The summed E-state index contributed by atoms with van der Waals surface area (Å²) in [7, 11) is 0. The minimum absolute atomic E-state index is 0.0780. The van der Waals surface area contributed by atoms with Crippen molar-refractivity contribution in [1.29, 1.82) is 0 Å². The second kappa shape index (κ2) is 38.2. The third kappa shape index (κ3) is 32.4. The molecule has 0 aromatic heterocycles. The van der Waals surface area contributed by atoms with Crippen LogP contribution in [-0.2, 0) is 18.9 Å². The lowest BCUT2D eigenvalue weighted by atomic mass is 9.96. The first-order chi connectivity index (χ1) is 25.8. The zero-order valence-corrected chi connectivity index (χ0v) is 34.6. The van der Waals surface area contributed by atoms with Gasteiger partial charge in [0.05, 0.1) is 0 Å². The third-order valence-electron chi connectivity index (χ3n) is 11.0. The first-order valence-electron chi connectivity index (χ1n) is 23.2. The Balaban J connectivity index is 1.18. The van der Waals surface area contributed by atoms with Crippen molar-refractivity contribution in [3.63, 3.8) is 0 Å². The quantitative estimate of drug-likeness (QED) is 0.0489. The van der Waals surface area contributed by atoms with E-state index >= 15 is 0 Å². The Morgan fingerprint density at radius 2 is 0.712 bits per heavy atom. The van der Waals surface area contributed by atoms with Gasteiger partial charge in [-0.3, -0.25) is 0 Å². The molecule has 2 unspecified atom stereocenters. The molecule has 302 valence electrons. The molecule has 0 aromatic carbocycles. The SMILES string of the molecule is CC(CCCCCCCCC#CCCCCCCCCOC1CCCCO1)CCCCCCCCC#CCCCCCCCCOC1CCCCO1. The van der Waals surface area contributed by atoms with Crippen molar-refractivity contribution in [2.24, 2.45) is 5.92 Å². The van der Waals surface area contributed by atoms with E-state index in [-0.39, 0.29) is 12.6 Å². The number of unbranched alkanes of at least 4 members (excludes halogenated alkanes) is 24. The topological polar surface area (TPSA) is 36.9 Å². The first-order valence-corrected chi connectivity index (χ1v) is 23.2. The van der Waals surface area contributed by atoms with E-state index in [1.165, 1.54) is 193 Å². The second-order valence-electron chi connectivity index (χ2n) is 16.2. The van der Waals surface area contributed by atoms with Crippen molar-refractivity contribution >= 4 is 0 Å². The van der Waals surface area contributed by atoms with Gasteiger partial charge in [0.25, 0.3) is 0 Å². The normalized spacial score (nSPS) is 18.0. The Morgan fingerprint density at radius 3 is 1.04 bits per heavy atom. The van der Waals surface area contributed by atoms with E-state index in [0.717, 1.165) is 70.9 Å². The van der Waals surface area contributed by atoms with Crippen LogP contribution in [0.25, 0.3) is 0 Å². The van der Waals surface area contributed by atoms with Crippen LogP contribution in [0.15, 0.2) is 0 Å². The largest absolute Gasteiger partial charge is 0.353 e. The lowest BCUT2D eigenvalue weighted by Gasteiger charge is -2.22. The predicted octanol–water partition coefficient (Wildman–Crippen LogP) is 14.4. The second-order valence-corrected chi connectivity index (χ2v) is 16.2. The van der Waals surface area contributed by atoms with Crippen LogP contribution in [0, 0.1) is 29.6 Å². The standard InChI is InChI=1S/C48H86O4/c1-46(38-30-26-22-18-14-10-6-2-4-8-12-16-20-24-28-34-42-49-47-40-32-36-44-51-47)39-31-27-23-19-15-11-7-3-5-9-13-17-21-25-29-35-43-50-48-41-33-37-45-52-48/h46-48H,6-45H2,1H3. The molecule has 4 heteroatoms. The molecule has 2 fully saturated rings. The fourth-order valence-electron chi connectivity index (χ4n) is 7.48. The van der Waals surface area contributed by atoms with Gasteiger partial charge in [-0.25, -0.2) is 0 Å². The van der Waals surface area contributed by atoms with Gasteiger partial charge in [0.1, 0.15) is 0 Å². The molecule has 2 heterocycles. The molecule has 0 bridgehead atoms. The number of hydrogen-bond donors (Lipinski definition) is 0. The maximum atomic E-state index is 5.82. The van der Waals surface area contributed by atoms with Crippen LogP contribution in [0.5, 0.6) is 0 Å². The molecule has 2 rings (SSSR count). The van der Waals surface area contributed by atoms with Crippen molar-refractivity contribution in [2.45, 2.75) is 251 Å². The molecule has 2 saturated heterocycles. The highest BCUT2D eigenvalue weighted by atomic mass is 16.7. The maximum absolute atomic E-state index is 5.82. The molecule has 0 radical (unpaired) electrons. The van der Waals surface area contributed by atoms with Crippen molar-refractivity contribution in [2.75, 3.05) is 26.4 Å². The summed E-state index contributed by atoms with van der Waals surface area (Å²) in [6.45, 7) is 5.97. The minimum Gasteiger partial charge on any atom is -0.353 e. The van der Waals surface area contributed by atoms with Gasteiger partial charge in [0.2, 0.25) is 0 Å². The third-order valence-corrected chi connectivity index (χ3v) is 11.0. The van der Waals surface area contributed by atoms with Crippen molar-refractivity contribution in [3.05, 3.63) is 0 Å². The molecule has 4 nitrogen and oxygen atoms in total.